The van der Waals surface area contributed by atoms with E-state index >= 15 is 0 Å². The molecule has 0 spiro atoms. The van der Waals surface area contributed by atoms with Crippen LogP contribution >= 0.6 is 12.4 Å². The third kappa shape index (κ3) is 5.89. The van der Waals surface area contributed by atoms with Gasteiger partial charge in [0.15, 0.2) is 5.69 Å². The number of piperidine rings is 1. The van der Waals surface area contributed by atoms with Crippen molar-refractivity contribution in [2.75, 3.05) is 32.8 Å². The lowest BCUT2D eigenvalue weighted by molar-refractivity contribution is 0.0518. The normalized spacial score (nSPS) is 15.1. The Hall–Kier alpha value is -1.33. The Labute approximate surface area is 132 Å². The summed E-state index contributed by atoms with van der Waals surface area (Å²) < 4.78 is 10.5. The predicted molar refractivity (Wildman–Crippen MR) is 83.2 cm³/mol. The van der Waals surface area contributed by atoms with E-state index < -0.39 is 5.97 Å². The average Bonchev–Trinajstić information content (AvgIpc) is 2.49. The Morgan fingerprint density at radius 1 is 1.29 bits per heavy atom. The minimum Gasteiger partial charge on any atom is -0.476 e. The second-order valence-corrected chi connectivity index (χ2v) is 4.83. The number of nitrogens with zero attached hydrogens (tertiary/aromatic N) is 2. The Morgan fingerprint density at radius 2 is 2.05 bits per heavy atom. The fraction of sp³-hybridized carbons (Fsp3) is 0.600. The first-order valence-electron chi connectivity index (χ1n) is 7.29. The number of aromatic nitrogens is 1. The molecular weight excluding hydrogens is 292 g/mol. The average molecular weight is 315 g/mol. The number of pyridine rings is 1. The molecule has 0 saturated carbocycles. The molecule has 0 radical (unpaired) electrons. The molecule has 0 amide bonds. The molecule has 2 heterocycles. The van der Waals surface area contributed by atoms with Gasteiger partial charge >= 0.3 is 5.97 Å². The lowest BCUT2D eigenvalue weighted by Gasteiger charge is -2.26. The number of ether oxygens (including phenoxy) is 2. The van der Waals surface area contributed by atoms with Gasteiger partial charge in [-0.15, -0.1) is 12.4 Å². The van der Waals surface area contributed by atoms with Gasteiger partial charge in [0.1, 0.15) is 6.61 Å². The van der Waals surface area contributed by atoms with Gasteiger partial charge in [0.25, 0.3) is 0 Å². The molecule has 6 heteroatoms. The van der Waals surface area contributed by atoms with Crippen LogP contribution in [0, 0.1) is 0 Å². The van der Waals surface area contributed by atoms with E-state index in [9.17, 15) is 4.79 Å². The fourth-order valence-electron chi connectivity index (χ4n) is 2.28. The highest BCUT2D eigenvalue weighted by Crippen LogP contribution is 2.10. The number of rotatable bonds is 6. The van der Waals surface area contributed by atoms with E-state index in [0.717, 1.165) is 19.6 Å². The molecule has 5 nitrogen and oxygen atoms in total. The van der Waals surface area contributed by atoms with Crippen LogP contribution in [0.25, 0.3) is 0 Å². The second-order valence-electron chi connectivity index (χ2n) is 4.83. The van der Waals surface area contributed by atoms with Crippen LogP contribution < -0.4 is 4.74 Å². The Morgan fingerprint density at radius 3 is 2.76 bits per heavy atom. The monoisotopic (exact) mass is 314 g/mol. The zero-order valence-corrected chi connectivity index (χ0v) is 13.2. The summed E-state index contributed by atoms with van der Waals surface area (Å²) in [6.07, 6.45) is 3.88. The number of esters is 1. The van der Waals surface area contributed by atoms with Crippen LogP contribution in [-0.2, 0) is 4.74 Å². The number of likely N-dealkylation sites (tertiary alicyclic amines) is 1. The van der Waals surface area contributed by atoms with Crippen molar-refractivity contribution in [3.05, 3.63) is 23.9 Å². The highest BCUT2D eigenvalue weighted by atomic mass is 35.5. The van der Waals surface area contributed by atoms with Gasteiger partial charge < -0.3 is 9.47 Å². The minimum absolute atomic E-state index is 0. The number of halogens is 1. The van der Waals surface area contributed by atoms with Gasteiger partial charge in [-0.2, -0.15) is 0 Å². The van der Waals surface area contributed by atoms with E-state index in [4.69, 9.17) is 9.47 Å². The summed E-state index contributed by atoms with van der Waals surface area (Å²) in [6, 6.07) is 5.16. The molecule has 0 aliphatic carbocycles. The van der Waals surface area contributed by atoms with Crippen molar-refractivity contribution < 1.29 is 14.3 Å². The quantitative estimate of drug-likeness (QED) is 0.755. The van der Waals surface area contributed by atoms with Crippen LogP contribution in [0.1, 0.15) is 36.7 Å². The van der Waals surface area contributed by atoms with Gasteiger partial charge in [-0.3, -0.25) is 4.90 Å². The third-order valence-corrected chi connectivity index (χ3v) is 3.31. The van der Waals surface area contributed by atoms with Crippen molar-refractivity contribution in [1.82, 2.24) is 9.88 Å². The molecule has 21 heavy (non-hydrogen) atoms. The molecular formula is C15H23ClN2O3. The van der Waals surface area contributed by atoms with Gasteiger partial charge in [-0.05, 0) is 38.9 Å². The minimum atomic E-state index is -0.408. The molecule has 1 saturated heterocycles. The van der Waals surface area contributed by atoms with Crippen LogP contribution in [-0.4, -0.2) is 48.7 Å². The summed E-state index contributed by atoms with van der Waals surface area (Å²) in [5.74, 6) is 0.0709. The summed E-state index contributed by atoms with van der Waals surface area (Å²) in [6.45, 7) is 5.93. The van der Waals surface area contributed by atoms with E-state index in [1.54, 1.807) is 25.1 Å². The summed E-state index contributed by atoms with van der Waals surface area (Å²) in [5.41, 5.74) is 0.294. The molecule has 0 atom stereocenters. The van der Waals surface area contributed by atoms with E-state index in [2.05, 4.69) is 9.88 Å². The fourth-order valence-corrected chi connectivity index (χ4v) is 2.28. The van der Waals surface area contributed by atoms with Crippen molar-refractivity contribution in [2.45, 2.75) is 26.2 Å². The van der Waals surface area contributed by atoms with Crippen LogP contribution in [0.2, 0.25) is 0 Å². The van der Waals surface area contributed by atoms with Crippen molar-refractivity contribution >= 4 is 18.4 Å². The highest BCUT2D eigenvalue weighted by molar-refractivity contribution is 5.87. The third-order valence-electron chi connectivity index (χ3n) is 3.31. The number of carbonyl (C=O) groups is 1. The van der Waals surface area contributed by atoms with Gasteiger partial charge in [-0.25, -0.2) is 9.78 Å². The molecule has 118 valence electrons. The number of carbonyl (C=O) groups excluding carboxylic acids is 1. The van der Waals surface area contributed by atoms with Gasteiger partial charge in [0, 0.05) is 12.6 Å². The van der Waals surface area contributed by atoms with E-state index in [1.807, 2.05) is 0 Å². The molecule has 2 rings (SSSR count). The second kappa shape index (κ2) is 9.58. The molecule has 0 aromatic carbocycles. The molecule has 1 aromatic rings. The van der Waals surface area contributed by atoms with Crippen LogP contribution in [0.3, 0.4) is 0 Å². The van der Waals surface area contributed by atoms with Gasteiger partial charge in [-0.1, -0.05) is 12.5 Å². The topological polar surface area (TPSA) is 51.7 Å². The molecule has 1 fully saturated rings. The van der Waals surface area contributed by atoms with Crippen LogP contribution in [0.4, 0.5) is 0 Å². The van der Waals surface area contributed by atoms with Crippen LogP contribution in [0.15, 0.2) is 18.2 Å². The maximum absolute atomic E-state index is 11.6. The first-order chi connectivity index (χ1) is 9.79. The summed E-state index contributed by atoms with van der Waals surface area (Å²) in [7, 11) is 0. The molecule has 0 bridgehead atoms. The van der Waals surface area contributed by atoms with Gasteiger partial charge in [0.05, 0.1) is 6.61 Å². The number of hydrogen-bond acceptors (Lipinski definition) is 5. The van der Waals surface area contributed by atoms with E-state index in [-0.39, 0.29) is 12.4 Å². The summed E-state index contributed by atoms with van der Waals surface area (Å²) >= 11 is 0. The van der Waals surface area contributed by atoms with Crippen molar-refractivity contribution in [1.29, 1.82) is 0 Å². The molecule has 0 N–H and O–H groups in total. The molecule has 0 unspecified atom stereocenters. The maximum Gasteiger partial charge on any atom is 0.357 e. The summed E-state index contributed by atoms with van der Waals surface area (Å²) in [5, 5.41) is 0. The van der Waals surface area contributed by atoms with Crippen molar-refractivity contribution in [2.24, 2.45) is 0 Å². The summed E-state index contributed by atoms with van der Waals surface area (Å²) in [4.78, 5) is 18.1. The predicted octanol–water partition coefficient (Wildman–Crippen LogP) is 2.54. The van der Waals surface area contributed by atoms with E-state index in [1.165, 1.54) is 19.3 Å². The standard InChI is InChI=1S/C15H22N2O3.ClH/c1-2-19-15(18)13-7-6-8-14(16-13)20-12-11-17-9-4-3-5-10-17;/h6-8H,2-5,9-12H2,1H3;1H. The lowest BCUT2D eigenvalue weighted by Crippen LogP contribution is -2.33. The highest BCUT2D eigenvalue weighted by Gasteiger charge is 2.11. The SMILES string of the molecule is CCOC(=O)c1cccc(OCCN2CCCCC2)n1.Cl. The van der Waals surface area contributed by atoms with Crippen LogP contribution in [0.5, 0.6) is 5.88 Å². The number of hydrogen-bond donors (Lipinski definition) is 0. The zero-order chi connectivity index (χ0) is 14.2. The Kier molecular flexibility index (Phi) is 8.08. The Bertz CT molecular complexity index is 437. The van der Waals surface area contributed by atoms with Gasteiger partial charge in [0.2, 0.25) is 5.88 Å². The molecule has 1 aliphatic heterocycles. The van der Waals surface area contributed by atoms with Crippen molar-refractivity contribution in [3.8, 4) is 5.88 Å². The van der Waals surface area contributed by atoms with Crippen molar-refractivity contribution in [3.63, 3.8) is 0 Å². The maximum atomic E-state index is 11.6. The lowest BCUT2D eigenvalue weighted by atomic mass is 10.1. The first kappa shape index (κ1) is 17.7. The largest absolute Gasteiger partial charge is 0.476 e. The first-order valence-corrected chi connectivity index (χ1v) is 7.29. The zero-order valence-electron chi connectivity index (χ0n) is 12.4. The Balaban J connectivity index is 0.00000220. The smallest absolute Gasteiger partial charge is 0.357 e. The molecule has 1 aromatic heterocycles. The molecule has 1 aliphatic rings. The van der Waals surface area contributed by atoms with E-state index in [0.29, 0.717) is 24.8 Å².